The first-order valence-electron chi connectivity index (χ1n) is 11.2. The second kappa shape index (κ2) is 11.3. The summed E-state index contributed by atoms with van der Waals surface area (Å²) in [6, 6.07) is 14.5. The molecule has 2 aromatic carbocycles. The molecule has 1 aromatic heterocycles. The van der Waals surface area contributed by atoms with Crippen molar-refractivity contribution in [2.75, 3.05) is 26.8 Å². The maximum atomic E-state index is 13.2. The first-order valence-corrected chi connectivity index (χ1v) is 11.2. The van der Waals surface area contributed by atoms with Crippen molar-refractivity contribution in [2.24, 2.45) is 0 Å². The fourth-order valence-corrected chi connectivity index (χ4v) is 3.92. The smallest absolute Gasteiger partial charge is 0.383 e. The molecule has 3 aromatic rings. The number of aryl methyl sites for hydroxylation is 2. The molecule has 0 saturated carbocycles. The van der Waals surface area contributed by atoms with Gasteiger partial charge in [-0.2, -0.15) is 18.3 Å². The first-order chi connectivity index (χ1) is 16.6. The van der Waals surface area contributed by atoms with E-state index in [-0.39, 0.29) is 30.1 Å². The normalized spacial score (nSPS) is 11.5. The Morgan fingerprint density at radius 3 is 2.40 bits per heavy atom. The molecule has 0 saturated heterocycles. The standard InChI is InChI=1S/C26H28F3N3O3/c1-18-23(19(2)32(30-18)22-13-7-12-21(17-22)26(27,28)29)24(33)25(34)31(15-16-35-3)14-8-11-20-9-5-4-6-10-20/h4-7,9-10,12-13,17H,8,11,14-16H2,1-3H3. The Labute approximate surface area is 202 Å². The van der Waals surface area contributed by atoms with Crippen LogP contribution < -0.4 is 0 Å². The summed E-state index contributed by atoms with van der Waals surface area (Å²) in [7, 11) is 1.52. The van der Waals surface area contributed by atoms with Crippen LogP contribution in [0.4, 0.5) is 13.2 Å². The maximum Gasteiger partial charge on any atom is 0.416 e. The van der Waals surface area contributed by atoms with Gasteiger partial charge in [0.2, 0.25) is 0 Å². The average Bonchev–Trinajstić information content (AvgIpc) is 3.14. The average molecular weight is 488 g/mol. The van der Waals surface area contributed by atoms with Crippen molar-refractivity contribution >= 4 is 11.7 Å². The van der Waals surface area contributed by atoms with Gasteiger partial charge in [-0.25, -0.2) is 4.68 Å². The highest BCUT2D eigenvalue weighted by Crippen LogP contribution is 2.31. The monoisotopic (exact) mass is 487 g/mol. The molecule has 0 atom stereocenters. The van der Waals surface area contributed by atoms with Gasteiger partial charge >= 0.3 is 6.18 Å². The highest BCUT2D eigenvalue weighted by atomic mass is 19.4. The Balaban J connectivity index is 1.82. The predicted octanol–water partition coefficient (Wildman–Crippen LogP) is 4.80. The molecule has 0 radical (unpaired) electrons. The second-order valence-corrected chi connectivity index (χ2v) is 8.21. The molecule has 1 heterocycles. The van der Waals surface area contributed by atoms with Crippen LogP contribution in [0.2, 0.25) is 0 Å². The second-order valence-electron chi connectivity index (χ2n) is 8.21. The molecule has 186 valence electrons. The Morgan fingerprint density at radius 2 is 1.74 bits per heavy atom. The van der Waals surface area contributed by atoms with E-state index in [4.69, 9.17) is 4.74 Å². The van der Waals surface area contributed by atoms with Crippen LogP contribution in [0.15, 0.2) is 54.6 Å². The van der Waals surface area contributed by atoms with Crippen LogP contribution in [0.5, 0.6) is 0 Å². The molecule has 9 heteroatoms. The van der Waals surface area contributed by atoms with E-state index in [1.54, 1.807) is 13.8 Å². The highest BCUT2D eigenvalue weighted by Gasteiger charge is 2.32. The number of amides is 1. The van der Waals surface area contributed by atoms with E-state index in [0.29, 0.717) is 18.7 Å². The third kappa shape index (κ3) is 6.36. The minimum absolute atomic E-state index is 0.0953. The lowest BCUT2D eigenvalue weighted by atomic mass is 10.1. The summed E-state index contributed by atoms with van der Waals surface area (Å²) in [4.78, 5) is 27.8. The summed E-state index contributed by atoms with van der Waals surface area (Å²) in [5.41, 5.74) is 1.14. The van der Waals surface area contributed by atoms with Gasteiger partial charge in [0.25, 0.3) is 11.7 Å². The van der Waals surface area contributed by atoms with Gasteiger partial charge in [-0.05, 0) is 50.5 Å². The molecule has 0 fully saturated rings. The van der Waals surface area contributed by atoms with Gasteiger partial charge in [0, 0.05) is 20.2 Å². The number of aromatic nitrogens is 2. The van der Waals surface area contributed by atoms with Crippen LogP contribution in [0.25, 0.3) is 5.69 Å². The number of benzene rings is 2. The van der Waals surface area contributed by atoms with Crippen molar-refractivity contribution < 1.29 is 27.5 Å². The first kappa shape index (κ1) is 26.2. The quantitative estimate of drug-likeness (QED) is 0.305. The van der Waals surface area contributed by atoms with Crippen LogP contribution >= 0.6 is 0 Å². The minimum atomic E-state index is -4.51. The van der Waals surface area contributed by atoms with Crippen molar-refractivity contribution in [3.05, 3.63) is 82.7 Å². The van der Waals surface area contributed by atoms with Crippen LogP contribution in [0.3, 0.4) is 0 Å². The Kier molecular flexibility index (Phi) is 8.45. The molecule has 0 N–H and O–H groups in total. The zero-order valence-electron chi connectivity index (χ0n) is 19.9. The lowest BCUT2D eigenvalue weighted by Crippen LogP contribution is -2.40. The summed E-state index contributed by atoms with van der Waals surface area (Å²) in [6.45, 7) is 4.01. The van der Waals surface area contributed by atoms with Crippen LogP contribution in [-0.4, -0.2) is 53.2 Å². The molecule has 3 rings (SSSR count). The molecular weight excluding hydrogens is 459 g/mol. The van der Waals surface area contributed by atoms with Gasteiger partial charge in [-0.1, -0.05) is 36.4 Å². The zero-order valence-corrected chi connectivity index (χ0v) is 19.9. The number of Topliss-reactive ketones (excluding diaryl/α,β-unsaturated/α-hetero) is 1. The van der Waals surface area contributed by atoms with Crippen molar-refractivity contribution in [3.63, 3.8) is 0 Å². The molecule has 0 aliphatic rings. The number of rotatable bonds is 10. The highest BCUT2D eigenvalue weighted by molar-refractivity contribution is 6.43. The van der Waals surface area contributed by atoms with Gasteiger partial charge < -0.3 is 9.64 Å². The SMILES string of the molecule is COCCN(CCCc1ccccc1)C(=O)C(=O)c1c(C)nn(-c2cccc(C(F)(F)F)c2)c1C. The topological polar surface area (TPSA) is 64.4 Å². The van der Waals surface area contributed by atoms with Crippen molar-refractivity contribution in [3.8, 4) is 5.69 Å². The number of nitrogens with zero attached hydrogens (tertiary/aromatic N) is 3. The van der Waals surface area contributed by atoms with Crippen molar-refractivity contribution in [1.82, 2.24) is 14.7 Å². The molecule has 0 aliphatic heterocycles. The number of hydrogen-bond acceptors (Lipinski definition) is 4. The predicted molar refractivity (Wildman–Crippen MR) is 126 cm³/mol. The number of ketones is 1. The number of alkyl halides is 3. The van der Waals surface area contributed by atoms with E-state index < -0.39 is 23.4 Å². The molecule has 0 spiro atoms. The number of carbonyl (C=O) groups excluding carboxylic acids is 2. The van der Waals surface area contributed by atoms with Gasteiger partial charge in [0.15, 0.2) is 0 Å². The van der Waals surface area contributed by atoms with Crippen LogP contribution in [0, 0.1) is 13.8 Å². The Morgan fingerprint density at radius 1 is 1.03 bits per heavy atom. The lowest BCUT2D eigenvalue weighted by molar-refractivity contribution is -0.137. The summed E-state index contributed by atoms with van der Waals surface area (Å²) in [5.74, 6) is -1.43. The molecule has 0 bridgehead atoms. The van der Waals surface area contributed by atoms with E-state index in [1.165, 1.54) is 28.8 Å². The number of hydrogen-bond donors (Lipinski definition) is 0. The molecule has 6 nitrogen and oxygen atoms in total. The summed E-state index contributed by atoms with van der Waals surface area (Å²) < 4.78 is 45.8. The third-order valence-electron chi connectivity index (χ3n) is 5.72. The molecular formula is C26H28F3N3O3. The third-order valence-corrected chi connectivity index (χ3v) is 5.72. The molecule has 0 unspecified atom stereocenters. The molecule has 0 aliphatic carbocycles. The summed E-state index contributed by atoms with van der Waals surface area (Å²) in [5, 5.41) is 4.26. The van der Waals surface area contributed by atoms with Crippen LogP contribution in [0.1, 0.15) is 39.3 Å². The Bertz CT molecular complexity index is 1170. The van der Waals surface area contributed by atoms with E-state index in [1.807, 2.05) is 30.3 Å². The largest absolute Gasteiger partial charge is 0.416 e. The van der Waals surface area contributed by atoms with Crippen LogP contribution in [-0.2, 0) is 22.1 Å². The van der Waals surface area contributed by atoms with Gasteiger partial charge in [-0.15, -0.1) is 0 Å². The lowest BCUT2D eigenvalue weighted by Gasteiger charge is -2.21. The maximum absolute atomic E-state index is 13.2. The van der Waals surface area contributed by atoms with E-state index in [9.17, 15) is 22.8 Å². The van der Waals surface area contributed by atoms with E-state index >= 15 is 0 Å². The minimum Gasteiger partial charge on any atom is -0.383 e. The molecule has 35 heavy (non-hydrogen) atoms. The molecule has 1 amide bonds. The van der Waals surface area contributed by atoms with Gasteiger partial charge in [0.1, 0.15) is 0 Å². The fraction of sp³-hybridized carbons (Fsp3) is 0.346. The van der Waals surface area contributed by atoms with E-state index in [2.05, 4.69) is 5.10 Å². The van der Waals surface area contributed by atoms with Crippen molar-refractivity contribution in [1.29, 1.82) is 0 Å². The van der Waals surface area contributed by atoms with Crippen molar-refractivity contribution in [2.45, 2.75) is 32.9 Å². The van der Waals surface area contributed by atoms with Gasteiger partial charge in [0.05, 0.1) is 34.8 Å². The number of ether oxygens (including phenoxy) is 1. The fourth-order valence-electron chi connectivity index (χ4n) is 3.92. The number of carbonyl (C=O) groups is 2. The Hall–Kier alpha value is -3.46. The van der Waals surface area contributed by atoms with E-state index in [0.717, 1.165) is 24.1 Å². The summed E-state index contributed by atoms with van der Waals surface area (Å²) >= 11 is 0. The summed E-state index contributed by atoms with van der Waals surface area (Å²) in [6.07, 6.45) is -3.10. The van der Waals surface area contributed by atoms with Gasteiger partial charge in [-0.3, -0.25) is 9.59 Å². The zero-order chi connectivity index (χ0) is 25.6. The number of methoxy groups -OCH3 is 1. The number of halogens is 3.